The van der Waals surface area contributed by atoms with Gasteiger partial charge < -0.3 is 4.42 Å². The predicted molar refractivity (Wildman–Crippen MR) is 109 cm³/mol. The van der Waals surface area contributed by atoms with Crippen LogP contribution in [0.3, 0.4) is 0 Å². The Bertz CT molecular complexity index is 1490. The first-order chi connectivity index (χ1) is 13.2. The number of benzene rings is 3. The van der Waals surface area contributed by atoms with Crippen molar-refractivity contribution in [3.8, 4) is 11.3 Å². The van der Waals surface area contributed by atoms with E-state index in [1.54, 1.807) is 0 Å². The molecule has 3 heteroatoms. The highest BCUT2D eigenvalue weighted by Gasteiger charge is 2.24. The van der Waals surface area contributed by atoms with Crippen molar-refractivity contribution >= 4 is 43.6 Å². The molecule has 0 unspecified atom stereocenters. The molecule has 0 aliphatic heterocycles. The van der Waals surface area contributed by atoms with Crippen LogP contribution in [0.2, 0.25) is 0 Å². The lowest BCUT2D eigenvalue weighted by Gasteiger charge is -2.10. The van der Waals surface area contributed by atoms with Crippen molar-refractivity contribution in [1.29, 1.82) is 0 Å². The van der Waals surface area contributed by atoms with Crippen LogP contribution in [-0.4, -0.2) is 4.98 Å². The molecule has 3 aromatic heterocycles. The van der Waals surface area contributed by atoms with Gasteiger partial charge in [0.1, 0.15) is 18.2 Å². The molecule has 0 saturated heterocycles. The quantitative estimate of drug-likeness (QED) is 0.289. The first-order valence-electron chi connectivity index (χ1n) is 9.13. The fraction of sp³-hybridized carbons (Fsp3) is 0.0833. The molecule has 3 aromatic carbocycles. The Labute approximate surface area is 155 Å². The number of pyridine rings is 2. The second-order valence-electron chi connectivity index (χ2n) is 7.20. The van der Waals surface area contributed by atoms with Gasteiger partial charge in [0, 0.05) is 29.1 Å². The van der Waals surface area contributed by atoms with Crippen LogP contribution in [0.4, 0.5) is 0 Å². The van der Waals surface area contributed by atoms with E-state index in [1.165, 1.54) is 27.1 Å². The lowest BCUT2D eigenvalue weighted by atomic mass is 9.92. The van der Waals surface area contributed by atoms with Gasteiger partial charge in [-0.15, -0.1) is 0 Å². The van der Waals surface area contributed by atoms with Gasteiger partial charge in [-0.3, -0.25) is 4.98 Å². The van der Waals surface area contributed by atoms with Crippen molar-refractivity contribution < 1.29 is 8.98 Å². The number of rotatable bonds is 1. The minimum Gasteiger partial charge on any atom is -0.455 e. The number of fused-ring (bicyclic) bond motifs is 3. The van der Waals surface area contributed by atoms with E-state index in [-0.39, 0.29) is 0 Å². The summed E-state index contributed by atoms with van der Waals surface area (Å²) in [5, 5.41) is 5.94. The summed E-state index contributed by atoms with van der Waals surface area (Å²) in [4.78, 5) is 4.71. The molecule has 0 bridgehead atoms. The second-order valence-corrected chi connectivity index (χ2v) is 7.20. The van der Waals surface area contributed by atoms with Crippen molar-refractivity contribution in [1.82, 2.24) is 4.98 Å². The van der Waals surface area contributed by atoms with E-state index in [4.69, 9.17) is 9.40 Å². The molecule has 0 saturated carbocycles. The minimum atomic E-state index is 0.899. The van der Waals surface area contributed by atoms with Crippen LogP contribution in [-0.2, 0) is 7.05 Å². The maximum absolute atomic E-state index is 6.45. The number of nitrogens with zero attached hydrogens (tertiary/aromatic N) is 2. The molecule has 0 amide bonds. The average Bonchev–Trinajstić information content (AvgIpc) is 3.08. The largest absolute Gasteiger partial charge is 0.455 e. The molecular formula is C24H17N2O+. The van der Waals surface area contributed by atoms with Crippen molar-refractivity contribution in [2.24, 2.45) is 7.05 Å². The summed E-state index contributed by atoms with van der Waals surface area (Å²) >= 11 is 0. The number of aromatic nitrogens is 2. The highest BCUT2D eigenvalue weighted by Crippen LogP contribution is 2.45. The summed E-state index contributed by atoms with van der Waals surface area (Å²) in [6, 6.07) is 19.0. The molecule has 3 nitrogen and oxygen atoms in total. The van der Waals surface area contributed by atoms with E-state index >= 15 is 0 Å². The fourth-order valence-electron chi connectivity index (χ4n) is 4.46. The average molecular weight is 349 g/mol. The van der Waals surface area contributed by atoms with Crippen LogP contribution in [0.25, 0.3) is 54.9 Å². The van der Waals surface area contributed by atoms with Crippen LogP contribution >= 0.6 is 0 Å². The lowest BCUT2D eigenvalue weighted by Crippen LogP contribution is -2.30. The zero-order valence-electron chi connectivity index (χ0n) is 15.2. The Balaban J connectivity index is 1.94. The van der Waals surface area contributed by atoms with Gasteiger partial charge in [-0.1, -0.05) is 24.3 Å². The van der Waals surface area contributed by atoms with E-state index in [1.807, 2.05) is 18.3 Å². The van der Waals surface area contributed by atoms with Gasteiger partial charge >= 0.3 is 0 Å². The van der Waals surface area contributed by atoms with Crippen molar-refractivity contribution in [2.75, 3.05) is 0 Å². The Hall–Kier alpha value is -3.46. The molecule has 3 heterocycles. The molecule has 0 fully saturated rings. The summed E-state index contributed by atoms with van der Waals surface area (Å²) in [5.74, 6) is 0. The van der Waals surface area contributed by atoms with Gasteiger partial charge in [-0.2, -0.15) is 0 Å². The molecule has 27 heavy (non-hydrogen) atoms. The smallest absolute Gasteiger partial charge is 0.216 e. The first kappa shape index (κ1) is 14.7. The highest BCUT2D eigenvalue weighted by molar-refractivity contribution is 6.33. The van der Waals surface area contributed by atoms with E-state index in [2.05, 4.69) is 67.2 Å². The van der Waals surface area contributed by atoms with Crippen molar-refractivity contribution in [2.45, 2.75) is 6.92 Å². The first-order valence-corrected chi connectivity index (χ1v) is 9.13. The fourth-order valence-corrected chi connectivity index (χ4v) is 4.46. The molecule has 0 aliphatic carbocycles. The molecule has 128 valence electrons. The van der Waals surface area contributed by atoms with Gasteiger partial charge in [0.25, 0.3) is 0 Å². The third-order valence-electron chi connectivity index (χ3n) is 5.64. The normalized spacial score (nSPS) is 12.1. The standard InChI is InChI=1S/C24H17N2O/c1-14-13-17-15-7-3-4-8-16(15)23-22-19(10-11-25-23)27-24(21(17)22)20(14)18-9-5-6-12-26(18)2/h3-13H,1-2H3/q+1. The summed E-state index contributed by atoms with van der Waals surface area (Å²) in [7, 11) is 2.07. The molecule has 6 rings (SSSR count). The topological polar surface area (TPSA) is 29.9 Å². The zero-order valence-corrected chi connectivity index (χ0v) is 15.2. The van der Waals surface area contributed by atoms with E-state index in [9.17, 15) is 0 Å². The Morgan fingerprint density at radius 2 is 1.70 bits per heavy atom. The lowest BCUT2D eigenvalue weighted by molar-refractivity contribution is -0.660. The summed E-state index contributed by atoms with van der Waals surface area (Å²) in [5.41, 5.74) is 6.38. The van der Waals surface area contributed by atoms with Crippen LogP contribution in [0, 0.1) is 6.92 Å². The highest BCUT2D eigenvalue weighted by atomic mass is 16.3. The van der Waals surface area contributed by atoms with Crippen LogP contribution in [0.1, 0.15) is 5.56 Å². The molecule has 6 aromatic rings. The third-order valence-corrected chi connectivity index (χ3v) is 5.64. The van der Waals surface area contributed by atoms with Crippen LogP contribution in [0.5, 0.6) is 0 Å². The van der Waals surface area contributed by atoms with Gasteiger partial charge in [0.15, 0.2) is 6.20 Å². The number of aryl methyl sites for hydroxylation is 2. The van der Waals surface area contributed by atoms with Crippen LogP contribution in [0.15, 0.2) is 71.4 Å². The van der Waals surface area contributed by atoms with Crippen molar-refractivity contribution in [3.63, 3.8) is 0 Å². The second kappa shape index (κ2) is 5.04. The Morgan fingerprint density at radius 1 is 0.889 bits per heavy atom. The molecule has 0 aliphatic rings. The minimum absolute atomic E-state index is 0.899. The van der Waals surface area contributed by atoms with Gasteiger partial charge in [0.05, 0.1) is 16.5 Å². The summed E-state index contributed by atoms with van der Waals surface area (Å²) in [6.45, 7) is 2.17. The van der Waals surface area contributed by atoms with E-state index < -0.39 is 0 Å². The Kier molecular flexibility index (Phi) is 2.74. The van der Waals surface area contributed by atoms with Crippen molar-refractivity contribution in [3.05, 3.63) is 72.6 Å². The zero-order chi connectivity index (χ0) is 18.1. The van der Waals surface area contributed by atoms with E-state index in [0.29, 0.717) is 0 Å². The van der Waals surface area contributed by atoms with E-state index in [0.717, 1.165) is 33.3 Å². The summed E-state index contributed by atoms with van der Waals surface area (Å²) in [6.07, 6.45) is 3.92. The van der Waals surface area contributed by atoms with Gasteiger partial charge in [-0.05, 0) is 41.5 Å². The summed E-state index contributed by atoms with van der Waals surface area (Å²) < 4.78 is 8.60. The predicted octanol–water partition coefficient (Wildman–Crippen LogP) is 5.53. The molecule has 0 atom stereocenters. The maximum atomic E-state index is 6.45. The SMILES string of the molecule is Cc1cc2c3ccccc3c3nccc4oc(c1-c1cccc[n+]1C)c2c43. The molecule has 0 spiro atoms. The monoisotopic (exact) mass is 349 g/mol. The molecular weight excluding hydrogens is 332 g/mol. The number of hydrogen-bond acceptors (Lipinski definition) is 2. The van der Waals surface area contributed by atoms with Crippen LogP contribution < -0.4 is 4.57 Å². The third kappa shape index (κ3) is 1.81. The Morgan fingerprint density at radius 3 is 2.56 bits per heavy atom. The number of furan rings is 1. The number of hydrogen-bond donors (Lipinski definition) is 0. The maximum Gasteiger partial charge on any atom is 0.216 e. The van der Waals surface area contributed by atoms with Gasteiger partial charge in [0.2, 0.25) is 5.69 Å². The molecule has 0 N–H and O–H groups in total. The van der Waals surface area contributed by atoms with Gasteiger partial charge in [-0.25, -0.2) is 4.57 Å². The molecule has 0 radical (unpaired) electrons.